The monoisotopic (exact) mass is 324 g/mol. The molecule has 0 bridgehead atoms. The lowest BCUT2D eigenvalue weighted by Gasteiger charge is -2.34. The third-order valence-electron chi connectivity index (χ3n) is 5.28. The van der Waals surface area contributed by atoms with E-state index in [-0.39, 0.29) is 11.8 Å². The van der Waals surface area contributed by atoms with Crippen molar-refractivity contribution in [2.75, 3.05) is 19.6 Å². The molecule has 1 unspecified atom stereocenters. The van der Waals surface area contributed by atoms with Gasteiger partial charge in [0.2, 0.25) is 5.91 Å². The molecule has 1 atom stereocenters. The second-order valence-corrected chi connectivity index (χ2v) is 6.67. The Balaban J connectivity index is 1.47. The molecule has 0 aliphatic carbocycles. The van der Waals surface area contributed by atoms with E-state index >= 15 is 0 Å². The van der Waals surface area contributed by atoms with Crippen molar-refractivity contribution in [1.82, 2.24) is 20.4 Å². The Morgan fingerprint density at radius 2 is 1.96 bits per heavy atom. The largest absolute Gasteiger partial charge is 0.356 e. The number of piperidine rings is 1. The van der Waals surface area contributed by atoms with E-state index in [0.29, 0.717) is 23.8 Å². The van der Waals surface area contributed by atoms with Crippen LogP contribution in [0.1, 0.15) is 29.6 Å². The minimum Gasteiger partial charge on any atom is -0.356 e. The fraction of sp³-hybridized carbons (Fsp3) is 0.444. The second kappa shape index (κ2) is 6.19. The highest BCUT2D eigenvalue weighted by atomic mass is 16.2. The summed E-state index contributed by atoms with van der Waals surface area (Å²) in [6, 6.07) is 7.60. The number of amides is 2. The molecule has 2 amide bonds. The number of benzene rings is 1. The molecule has 6 nitrogen and oxygen atoms in total. The van der Waals surface area contributed by atoms with Crippen molar-refractivity contribution in [2.45, 2.75) is 19.3 Å². The zero-order chi connectivity index (χ0) is 16.5. The van der Waals surface area contributed by atoms with Crippen LogP contribution < -0.4 is 5.32 Å². The Morgan fingerprint density at radius 3 is 2.71 bits per heavy atom. The number of aromatic nitrogens is 2. The van der Waals surface area contributed by atoms with Gasteiger partial charge < -0.3 is 10.2 Å². The highest BCUT2D eigenvalue weighted by Gasteiger charge is 2.33. The number of carbonyl (C=O) groups is 2. The van der Waals surface area contributed by atoms with Crippen molar-refractivity contribution >= 4 is 22.7 Å². The van der Waals surface area contributed by atoms with Crippen molar-refractivity contribution in [3.8, 4) is 0 Å². The van der Waals surface area contributed by atoms with E-state index in [1.165, 1.54) is 0 Å². The second-order valence-electron chi connectivity index (χ2n) is 6.67. The smallest absolute Gasteiger partial charge is 0.256 e. The van der Waals surface area contributed by atoms with Crippen molar-refractivity contribution < 1.29 is 9.59 Å². The number of nitrogens with zero attached hydrogens (tertiary/aromatic N) is 3. The summed E-state index contributed by atoms with van der Waals surface area (Å²) in [5.74, 6) is 1.14. The number of carbonyl (C=O) groups excluding carboxylic acids is 2. The van der Waals surface area contributed by atoms with Gasteiger partial charge in [0.1, 0.15) is 0 Å². The van der Waals surface area contributed by atoms with Crippen molar-refractivity contribution in [3.63, 3.8) is 0 Å². The van der Waals surface area contributed by atoms with Crippen LogP contribution in [0.4, 0.5) is 0 Å². The van der Waals surface area contributed by atoms with Gasteiger partial charge in [-0.15, -0.1) is 0 Å². The molecule has 1 N–H and O–H groups in total. The fourth-order valence-corrected chi connectivity index (χ4v) is 3.88. The number of hydrogen-bond donors (Lipinski definition) is 1. The van der Waals surface area contributed by atoms with E-state index in [1.807, 2.05) is 29.2 Å². The van der Waals surface area contributed by atoms with Gasteiger partial charge in [0.05, 0.1) is 17.3 Å². The first-order valence-corrected chi connectivity index (χ1v) is 8.49. The van der Waals surface area contributed by atoms with Crippen molar-refractivity contribution in [3.05, 3.63) is 36.0 Å². The number of hydrogen-bond acceptors (Lipinski definition) is 4. The number of nitrogens with one attached hydrogen (secondary N) is 1. The summed E-state index contributed by atoms with van der Waals surface area (Å²) in [5.41, 5.74) is 1.37. The average molecular weight is 324 g/mol. The van der Waals surface area contributed by atoms with Crippen LogP contribution in [-0.2, 0) is 4.79 Å². The lowest BCUT2D eigenvalue weighted by molar-refractivity contribution is -0.119. The van der Waals surface area contributed by atoms with Gasteiger partial charge in [0.15, 0.2) is 0 Å². The zero-order valence-electron chi connectivity index (χ0n) is 13.4. The first-order chi connectivity index (χ1) is 11.7. The summed E-state index contributed by atoms with van der Waals surface area (Å²) < 4.78 is 0. The van der Waals surface area contributed by atoms with Gasteiger partial charge in [0, 0.05) is 31.4 Å². The third-order valence-corrected chi connectivity index (χ3v) is 5.28. The maximum atomic E-state index is 12.9. The molecule has 1 aromatic heterocycles. The van der Waals surface area contributed by atoms with Crippen LogP contribution in [0.25, 0.3) is 10.9 Å². The van der Waals surface area contributed by atoms with Crippen LogP contribution >= 0.6 is 0 Å². The normalized spacial score (nSPS) is 21.9. The lowest BCUT2D eigenvalue weighted by Crippen LogP contribution is -2.40. The van der Waals surface area contributed by atoms with Gasteiger partial charge >= 0.3 is 0 Å². The van der Waals surface area contributed by atoms with Crippen LogP contribution in [0.5, 0.6) is 0 Å². The molecule has 2 fully saturated rings. The maximum Gasteiger partial charge on any atom is 0.256 e. The highest BCUT2D eigenvalue weighted by Crippen LogP contribution is 2.30. The van der Waals surface area contributed by atoms with Crippen LogP contribution in [0.2, 0.25) is 0 Å². The molecule has 0 saturated carbocycles. The molecule has 6 heteroatoms. The lowest BCUT2D eigenvalue weighted by atomic mass is 9.83. The Hall–Kier alpha value is -2.50. The quantitative estimate of drug-likeness (QED) is 0.911. The summed E-state index contributed by atoms with van der Waals surface area (Å²) in [7, 11) is 0. The van der Waals surface area contributed by atoms with E-state index in [2.05, 4.69) is 15.5 Å². The molecule has 0 radical (unpaired) electrons. The maximum absolute atomic E-state index is 12.9. The fourth-order valence-electron chi connectivity index (χ4n) is 3.88. The van der Waals surface area contributed by atoms with Gasteiger partial charge in [-0.25, -0.2) is 0 Å². The van der Waals surface area contributed by atoms with Crippen molar-refractivity contribution in [1.29, 1.82) is 0 Å². The SMILES string of the molecule is O=C1CC(C2CCN(C(=O)c3cnnc4ccccc34)CC2)CN1. The Bertz CT molecular complexity index is 778. The molecule has 24 heavy (non-hydrogen) atoms. The van der Waals surface area contributed by atoms with E-state index < -0.39 is 0 Å². The highest BCUT2D eigenvalue weighted by molar-refractivity contribution is 6.05. The third kappa shape index (κ3) is 2.72. The summed E-state index contributed by atoms with van der Waals surface area (Å²) in [6.45, 7) is 2.27. The Kier molecular flexibility index (Phi) is 3.88. The molecule has 4 rings (SSSR count). The van der Waals surface area contributed by atoms with Crippen LogP contribution in [0, 0.1) is 11.8 Å². The molecule has 3 heterocycles. The molecule has 1 aromatic carbocycles. The van der Waals surface area contributed by atoms with E-state index in [4.69, 9.17) is 0 Å². The van der Waals surface area contributed by atoms with Gasteiger partial charge in [-0.3, -0.25) is 9.59 Å². The van der Waals surface area contributed by atoms with Gasteiger partial charge in [0.25, 0.3) is 5.91 Å². The molecule has 2 aliphatic rings. The first kappa shape index (κ1) is 15.1. The molecule has 2 aromatic rings. The number of fused-ring (bicyclic) bond motifs is 1. The summed E-state index contributed by atoms with van der Waals surface area (Å²) >= 11 is 0. The Morgan fingerprint density at radius 1 is 1.17 bits per heavy atom. The predicted molar refractivity (Wildman–Crippen MR) is 89.3 cm³/mol. The number of likely N-dealkylation sites (tertiary alicyclic amines) is 1. The average Bonchev–Trinajstić information content (AvgIpc) is 3.07. The standard InChI is InChI=1S/C18H20N4O2/c23-17-9-13(10-19-17)12-5-7-22(8-6-12)18(24)15-11-20-21-16-4-2-1-3-14(15)16/h1-4,11-13H,5-10H2,(H,19,23). The van der Waals surface area contributed by atoms with Gasteiger partial charge in [-0.05, 0) is 30.7 Å². The predicted octanol–water partition coefficient (Wildman–Crippen LogP) is 1.62. The molecule has 2 saturated heterocycles. The van der Waals surface area contributed by atoms with Gasteiger partial charge in [-0.2, -0.15) is 10.2 Å². The molecular formula is C18H20N4O2. The first-order valence-electron chi connectivity index (χ1n) is 8.49. The summed E-state index contributed by atoms with van der Waals surface area (Å²) in [5, 5.41) is 11.8. The Labute approximate surface area is 140 Å². The molecule has 124 valence electrons. The van der Waals surface area contributed by atoms with E-state index in [9.17, 15) is 9.59 Å². The van der Waals surface area contributed by atoms with Crippen LogP contribution in [-0.4, -0.2) is 46.5 Å². The van der Waals surface area contributed by atoms with E-state index in [1.54, 1.807) is 6.20 Å². The summed E-state index contributed by atoms with van der Waals surface area (Å²) in [4.78, 5) is 26.2. The molecule has 2 aliphatic heterocycles. The van der Waals surface area contributed by atoms with E-state index in [0.717, 1.165) is 43.4 Å². The van der Waals surface area contributed by atoms with Crippen molar-refractivity contribution in [2.24, 2.45) is 11.8 Å². The minimum atomic E-state index is 0.0279. The topological polar surface area (TPSA) is 75.2 Å². The van der Waals surface area contributed by atoms with Gasteiger partial charge in [-0.1, -0.05) is 18.2 Å². The molecular weight excluding hydrogens is 304 g/mol. The summed E-state index contributed by atoms with van der Waals surface area (Å²) in [6.07, 6.45) is 4.12. The van der Waals surface area contributed by atoms with Crippen LogP contribution in [0.15, 0.2) is 30.5 Å². The minimum absolute atomic E-state index is 0.0279. The number of rotatable bonds is 2. The molecule has 0 spiro atoms. The zero-order valence-corrected chi connectivity index (χ0v) is 13.4. The van der Waals surface area contributed by atoms with Crippen LogP contribution in [0.3, 0.4) is 0 Å².